The first-order valence-corrected chi connectivity index (χ1v) is 9.96. The highest BCUT2D eigenvalue weighted by Gasteiger charge is 2.27. The van der Waals surface area contributed by atoms with Gasteiger partial charge in [0.25, 0.3) is 5.91 Å². The molecule has 8 heteroatoms. The summed E-state index contributed by atoms with van der Waals surface area (Å²) in [6, 6.07) is 9.35. The van der Waals surface area contributed by atoms with Crippen molar-refractivity contribution in [2.75, 3.05) is 13.1 Å². The maximum atomic E-state index is 12.4. The Hall–Kier alpha value is -1.90. The number of rotatable bonds is 4. The van der Waals surface area contributed by atoms with Gasteiger partial charge in [0.1, 0.15) is 9.96 Å². The van der Waals surface area contributed by atoms with E-state index in [1.54, 1.807) is 34.5 Å². The van der Waals surface area contributed by atoms with Gasteiger partial charge in [-0.25, -0.2) is 13.1 Å². The minimum atomic E-state index is -3.48. The third-order valence-corrected chi connectivity index (χ3v) is 6.87. The van der Waals surface area contributed by atoms with Gasteiger partial charge in [0.15, 0.2) is 0 Å². The van der Waals surface area contributed by atoms with Crippen LogP contribution >= 0.6 is 11.3 Å². The highest BCUT2D eigenvalue weighted by Crippen LogP contribution is 2.20. The second kappa shape index (κ2) is 6.92. The van der Waals surface area contributed by atoms with E-state index in [1.165, 1.54) is 23.5 Å². The lowest BCUT2D eigenvalue weighted by molar-refractivity contribution is 0.0711. The van der Waals surface area contributed by atoms with Gasteiger partial charge in [-0.15, -0.1) is 11.3 Å². The second-order valence-electron chi connectivity index (χ2n) is 5.67. The second-order valence-corrected chi connectivity index (χ2v) is 8.56. The summed E-state index contributed by atoms with van der Waals surface area (Å²) in [5.41, 5.74) is 0.438. The lowest BCUT2D eigenvalue weighted by Crippen LogP contribution is -2.46. The fourth-order valence-electron chi connectivity index (χ4n) is 2.72. The molecule has 1 amide bonds. The molecule has 1 aliphatic rings. The molecule has 1 aromatic carbocycles. The molecule has 2 N–H and O–H groups in total. The molecule has 1 fully saturated rings. The molecule has 1 aliphatic heterocycles. The van der Waals surface area contributed by atoms with Crippen molar-refractivity contribution < 1.29 is 18.3 Å². The van der Waals surface area contributed by atoms with E-state index in [0.717, 1.165) is 0 Å². The standard InChI is InChI=1S/C16H18N2O4S2/c19-14-4-1-3-12(11-14)16(20)18-8-6-13(7-9-18)17-24(21,22)15-5-2-10-23-15/h1-5,10-11,13,17,19H,6-9H2. The highest BCUT2D eigenvalue weighted by molar-refractivity contribution is 7.91. The molecule has 6 nitrogen and oxygen atoms in total. The number of phenolic OH excluding ortho intramolecular Hbond substituents is 1. The van der Waals surface area contributed by atoms with Crippen molar-refractivity contribution in [2.24, 2.45) is 0 Å². The number of nitrogens with one attached hydrogen (secondary N) is 1. The molecule has 24 heavy (non-hydrogen) atoms. The maximum absolute atomic E-state index is 12.4. The van der Waals surface area contributed by atoms with Gasteiger partial charge >= 0.3 is 0 Å². The normalized spacial score (nSPS) is 16.2. The molecular formula is C16H18N2O4S2. The van der Waals surface area contributed by atoms with E-state index in [4.69, 9.17) is 0 Å². The molecule has 1 aromatic heterocycles. The smallest absolute Gasteiger partial charge is 0.253 e. The molecule has 2 aromatic rings. The van der Waals surface area contributed by atoms with Crippen molar-refractivity contribution in [3.8, 4) is 5.75 Å². The first-order valence-electron chi connectivity index (χ1n) is 7.60. The molecule has 0 radical (unpaired) electrons. The van der Waals surface area contributed by atoms with Gasteiger partial charge in [0, 0.05) is 24.7 Å². The largest absolute Gasteiger partial charge is 0.508 e. The summed E-state index contributed by atoms with van der Waals surface area (Å²) in [6.07, 6.45) is 1.13. The Balaban J connectivity index is 1.59. The lowest BCUT2D eigenvalue weighted by atomic mass is 10.0. The predicted molar refractivity (Wildman–Crippen MR) is 91.7 cm³/mol. The van der Waals surface area contributed by atoms with E-state index >= 15 is 0 Å². The quantitative estimate of drug-likeness (QED) is 0.867. The van der Waals surface area contributed by atoms with E-state index in [2.05, 4.69) is 4.72 Å². The van der Waals surface area contributed by atoms with E-state index < -0.39 is 10.0 Å². The average Bonchev–Trinajstić information content (AvgIpc) is 3.10. The van der Waals surface area contributed by atoms with Crippen LogP contribution in [0.4, 0.5) is 0 Å². The van der Waals surface area contributed by atoms with Crippen molar-refractivity contribution in [1.29, 1.82) is 0 Å². The van der Waals surface area contributed by atoms with Crippen LogP contribution in [0.5, 0.6) is 5.75 Å². The summed E-state index contributed by atoms with van der Waals surface area (Å²) in [5, 5.41) is 11.2. The van der Waals surface area contributed by atoms with E-state index in [1.807, 2.05) is 0 Å². The number of aromatic hydroxyl groups is 1. The van der Waals surface area contributed by atoms with Crippen LogP contribution in [0.25, 0.3) is 0 Å². The number of amides is 1. The van der Waals surface area contributed by atoms with Gasteiger partial charge in [0.05, 0.1) is 0 Å². The summed E-state index contributed by atoms with van der Waals surface area (Å²) in [7, 11) is -3.48. The topological polar surface area (TPSA) is 86.7 Å². The SMILES string of the molecule is O=C(c1cccc(O)c1)N1CCC(NS(=O)(=O)c2cccs2)CC1. The number of phenols is 1. The van der Waals surface area contributed by atoms with Gasteiger partial charge in [-0.2, -0.15) is 0 Å². The third kappa shape index (κ3) is 3.77. The number of carbonyl (C=O) groups is 1. The first kappa shape index (κ1) is 16.9. The number of hydrogen-bond acceptors (Lipinski definition) is 5. The van der Waals surface area contributed by atoms with Crippen LogP contribution in [0.2, 0.25) is 0 Å². The van der Waals surface area contributed by atoms with Crippen molar-refractivity contribution in [2.45, 2.75) is 23.1 Å². The van der Waals surface area contributed by atoms with Gasteiger partial charge in [-0.05, 0) is 42.5 Å². The molecule has 0 spiro atoms. The highest BCUT2D eigenvalue weighted by atomic mass is 32.2. The number of carbonyl (C=O) groups excluding carboxylic acids is 1. The number of hydrogen-bond donors (Lipinski definition) is 2. The summed E-state index contributed by atoms with van der Waals surface area (Å²) >= 11 is 1.18. The van der Waals surface area contributed by atoms with Crippen molar-refractivity contribution >= 4 is 27.3 Å². The van der Waals surface area contributed by atoms with Crippen LogP contribution in [0.3, 0.4) is 0 Å². The molecule has 0 aliphatic carbocycles. The molecule has 3 rings (SSSR count). The molecule has 128 valence electrons. The van der Waals surface area contributed by atoms with Crippen molar-refractivity contribution in [3.63, 3.8) is 0 Å². The predicted octanol–water partition coefficient (Wildman–Crippen LogP) is 2.04. The zero-order chi connectivity index (χ0) is 17.2. The van der Waals surface area contributed by atoms with Gasteiger partial charge in [-0.3, -0.25) is 4.79 Å². The van der Waals surface area contributed by atoms with Crippen LogP contribution in [0.1, 0.15) is 23.2 Å². The minimum Gasteiger partial charge on any atom is -0.508 e. The van der Waals surface area contributed by atoms with E-state index in [0.29, 0.717) is 35.7 Å². The zero-order valence-corrected chi connectivity index (χ0v) is 14.5. The Kier molecular flexibility index (Phi) is 4.88. The Bertz CT molecular complexity index is 810. The molecule has 0 unspecified atom stereocenters. The number of likely N-dealkylation sites (tertiary alicyclic amines) is 1. The van der Waals surface area contributed by atoms with Crippen LogP contribution in [0.15, 0.2) is 46.0 Å². The number of nitrogens with zero attached hydrogens (tertiary/aromatic N) is 1. The Morgan fingerprint density at radius 2 is 1.96 bits per heavy atom. The molecule has 2 heterocycles. The average molecular weight is 366 g/mol. The summed E-state index contributed by atoms with van der Waals surface area (Å²) in [4.78, 5) is 14.1. The van der Waals surface area contributed by atoms with Gasteiger partial charge in [0.2, 0.25) is 10.0 Å². The Labute approximate surface area is 144 Å². The van der Waals surface area contributed by atoms with Crippen LogP contribution in [0, 0.1) is 0 Å². The van der Waals surface area contributed by atoms with Crippen LogP contribution in [-0.2, 0) is 10.0 Å². The fourth-order valence-corrected chi connectivity index (χ4v) is 5.03. The number of piperidine rings is 1. The number of thiophene rings is 1. The first-order chi connectivity index (χ1) is 11.5. The maximum Gasteiger partial charge on any atom is 0.253 e. The van der Waals surface area contributed by atoms with Crippen molar-refractivity contribution in [1.82, 2.24) is 9.62 Å². The Morgan fingerprint density at radius 1 is 1.21 bits per heavy atom. The van der Waals surface area contributed by atoms with E-state index in [-0.39, 0.29) is 17.7 Å². The monoisotopic (exact) mass is 366 g/mol. The molecule has 1 saturated heterocycles. The zero-order valence-electron chi connectivity index (χ0n) is 12.9. The number of benzene rings is 1. The lowest BCUT2D eigenvalue weighted by Gasteiger charge is -2.32. The van der Waals surface area contributed by atoms with Gasteiger partial charge in [-0.1, -0.05) is 12.1 Å². The van der Waals surface area contributed by atoms with Gasteiger partial charge < -0.3 is 10.0 Å². The molecule has 0 atom stereocenters. The third-order valence-electron chi connectivity index (χ3n) is 3.96. The minimum absolute atomic E-state index is 0.0550. The fraction of sp³-hybridized carbons (Fsp3) is 0.312. The Morgan fingerprint density at radius 3 is 2.58 bits per heavy atom. The molecule has 0 bridgehead atoms. The van der Waals surface area contributed by atoms with Crippen molar-refractivity contribution in [3.05, 3.63) is 47.3 Å². The molecule has 0 saturated carbocycles. The van der Waals surface area contributed by atoms with Crippen LogP contribution in [-0.4, -0.2) is 43.5 Å². The summed E-state index contributed by atoms with van der Waals surface area (Å²) < 4.78 is 27.5. The van der Waals surface area contributed by atoms with E-state index in [9.17, 15) is 18.3 Å². The molecular weight excluding hydrogens is 348 g/mol. The number of sulfonamides is 1. The van der Waals surface area contributed by atoms with Crippen LogP contribution < -0.4 is 4.72 Å². The summed E-state index contributed by atoms with van der Waals surface area (Å²) in [5.74, 6) is -0.0927. The summed E-state index contributed by atoms with van der Waals surface area (Å²) in [6.45, 7) is 0.957.